The molecule has 1 saturated heterocycles. The van der Waals surface area contributed by atoms with E-state index in [1.165, 1.54) is 4.31 Å². The Morgan fingerprint density at radius 3 is 2.23 bits per heavy atom. The molecule has 136 valence electrons. The van der Waals surface area contributed by atoms with Crippen LogP contribution in [0.25, 0.3) is 6.08 Å². The number of hydrogen-bond acceptors (Lipinski definition) is 3. The Hall–Kier alpha value is -2.44. The first-order chi connectivity index (χ1) is 12.5. The Morgan fingerprint density at radius 1 is 1.00 bits per heavy atom. The molecule has 5 nitrogen and oxygen atoms in total. The molecule has 1 fully saturated rings. The van der Waals surface area contributed by atoms with Crippen molar-refractivity contribution in [2.75, 3.05) is 18.4 Å². The van der Waals surface area contributed by atoms with Gasteiger partial charge in [0.1, 0.15) is 0 Å². The summed E-state index contributed by atoms with van der Waals surface area (Å²) in [7, 11) is -3.43. The van der Waals surface area contributed by atoms with Crippen molar-refractivity contribution < 1.29 is 13.2 Å². The van der Waals surface area contributed by atoms with E-state index in [1.54, 1.807) is 31.2 Å². The molecule has 1 heterocycles. The lowest BCUT2D eigenvalue weighted by molar-refractivity contribution is -0.112. The quantitative estimate of drug-likeness (QED) is 0.819. The Bertz CT molecular complexity index is 898. The monoisotopic (exact) mass is 370 g/mol. The third-order valence-electron chi connectivity index (χ3n) is 4.36. The number of sulfonamides is 1. The molecule has 0 spiro atoms. The van der Waals surface area contributed by atoms with Crippen molar-refractivity contribution in [3.8, 4) is 0 Å². The summed E-state index contributed by atoms with van der Waals surface area (Å²) in [6, 6.07) is 15.9. The van der Waals surface area contributed by atoms with Crippen molar-refractivity contribution in [3.63, 3.8) is 0 Å². The molecule has 3 rings (SSSR count). The van der Waals surface area contributed by atoms with E-state index in [-0.39, 0.29) is 10.8 Å². The molecule has 0 unspecified atom stereocenters. The Labute approximate surface area is 154 Å². The fraction of sp³-hybridized carbons (Fsp3) is 0.250. The second kappa shape index (κ2) is 7.85. The number of carbonyl (C=O) groups excluding carboxylic acids is 1. The summed E-state index contributed by atoms with van der Waals surface area (Å²) in [6.45, 7) is 2.89. The summed E-state index contributed by atoms with van der Waals surface area (Å²) < 4.78 is 26.5. The van der Waals surface area contributed by atoms with Crippen molar-refractivity contribution in [3.05, 3.63) is 65.7 Å². The van der Waals surface area contributed by atoms with Crippen LogP contribution in [0.4, 0.5) is 5.69 Å². The fourth-order valence-corrected chi connectivity index (χ4v) is 4.40. The third kappa shape index (κ3) is 4.20. The summed E-state index contributed by atoms with van der Waals surface area (Å²) in [6.07, 6.45) is 3.61. The van der Waals surface area contributed by atoms with Gasteiger partial charge in [-0.2, -0.15) is 4.31 Å². The largest absolute Gasteiger partial charge is 0.322 e. The minimum absolute atomic E-state index is 0.219. The second-order valence-electron chi connectivity index (χ2n) is 6.33. The minimum atomic E-state index is -3.43. The van der Waals surface area contributed by atoms with Gasteiger partial charge in [-0.25, -0.2) is 8.42 Å². The highest BCUT2D eigenvalue weighted by atomic mass is 32.2. The van der Waals surface area contributed by atoms with Gasteiger partial charge in [-0.3, -0.25) is 4.79 Å². The van der Waals surface area contributed by atoms with Crippen molar-refractivity contribution in [1.82, 2.24) is 4.31 Å². The number of nitrogens with one attached hydrogen (secondary N) is 1. The van der Waals surface area contributed by atoms with Crippen LogP contribution in [-0.4, -0.2) is 31.7 Å². The summed E-state index contributed by atoms with van der Waals surface area (Å²) >= 11 is 0. The molecule has 1 amide bonds. The van der Waals surface area contributed by atoms with Crippen LogP contribution in [0.3, 0.4) is 0 Å². The van der Waals surface area contributed by atoms with E-state index in [2.05, 4.69) is 5.32 Å². The first-order valence-corrected chi connectivity index (χ1v) is 10.1. The molecule has 2 aromatic rings. The molecule has 2 aromatic carbocycles. The van der Waals surface area contributed by atoms with E-state index < -0.39 is 10.0 Å². The van der Waals surface area contributed by atoms with Crippen molar-refractivity contribution in [1.29, 1.82) is 0 Å². The lowest BCUT2D eigenvalue weighted by Gasteiger charge is -2.15. The number of anilines is 1. The highest BCUT2D eigenvalue weighted by Gasteiger charge is 2.26. The molecule has 1 aliphatic heterocycles. The van der Waals surface area contributed by atoms with Crippen LogP contribution in [0.15, 0.2) is 65.1 Å². The topological polar surface area (TPSA) is 66.5 Å². The predicted octanol–water partition coefficient (Wildman–Crippen LogP) is 3.51. The van der Waals surface area contributed by atoms with Crippen LogP contribution in [-0.2, 0) is 14.8 Å². The van der Waals surface area contributed by atoms with Crippen LogP contribution < -0.4 is 5.32 Å². The lowest BCUT2D eigenvalue weighted by atomic mass is 10.1. The maximum Gasteiger partial charge on any atom is 0.251 e. The van der Waals surface area contributed by atoms with Gasteiger partial charge >= 0.3 is 0 Å². The van der Waals surface area contributed by atoms with Gasteiger partial charge in [0.15, 0.2) is 0 Å². The second-order valence-corrected chi connectivity index (χ2v) is 8.27. The average Bonchev–Trinajstić information content (AvgIpc) is 3.18. The van der Waals surface area contributed by atoms with Gasteiger partial charge in [-0.1, -0.05) is 30.3 Å². The number of benzene rings is 2. The molecule has 26 heavy (non-hydrogen) atoms. The zero-order chi connectivity index (χ0) is 18.6. The van der Waals surface area contributed by atoms with Gasteiger partial charge in [0.25, 0.3) is 5.91 Å². The van der Waals surface area contributed by atoms with Crippen LogP contribution >= 0.6 is 0 Å². The van der Waals surface area contributed by atoms with Gasteiger partial charge in [0.05, 0.1) is 4.90 Å². The first kappa shape index (κ1) is 18.4. The summed E-state index contributed by atoms with van der Waals surface area (Å²) in [5.41, 5.74) is 2.09. The highest BCUT2D eigenvalue weighted by molar-refractivity contribution is 7.89. The first-order valence-electron chi connectivity index (χ1n) is 8.62. The molecule has 1 N–H and O–H groups in total. The van der Waals surface area contributed by atoms with E-state index >= 15 is 0 Å². The van der Waals surface area contributed by atoms with Crippen LogP contribution in [0.5, 0.6) is 0 Å². The van der Waals surface area contributed by atoms with E-state index in [9.17, 15) is 13.2 Å². The van der Waals surface area contributed by atoms with E-state index in [4.69, 9.17) is 0 Å². The third-order valence-corrected chi connectivity index (χ3v) is 6.27. The van der Waals surface area contributed by atoms with Gasteiger partial charge in [0, 0.05) is 24.4 Å². The zero-order valence-electron chi connectivity index (χ0n) is 14.7. The normalized spacial score (nSPS) is 15.8. The number of amides is 1. The molecule has 0 atom stereocenters. The molecule has 0 aromatic heterocycles. The minimum Gasteiger partial charge on any atom is -0.322 e. The molecule has 0 saturated carbocycles. The van der Waals surface area contributed by atoms with Crippen molar-refractivity contribution in [2.24, 2.45) is 0 Å². The number of hydrogen-bond donors (Lipinski definition) is 1. The maximum absolute atomic E-state index is 12.5. The number of nitrogens with zero attached hydrogens (tertiary/aromatic N) is 1. The summed E-state index contributed by atoms with van der Waals surface area (Å²) in [5, 5.41) is 2.79. The SMILES string of the molecule is C/C(=C\c1ccccc1)C(=O)Nc1ccc(S(=O)(=O)N2CCCC2)cc1. The van der Waals surface area contributed by atoms with Gasteiger partial charge in [0.2, 0.25) is 10.0 Å². The number of rotatable bonds is 5. The van der Waals surface area contributed by atoms with Crippen LogP contribution in [0, 0.1) is 0 Å². The van der Waals surface area contributed by atoms with Gasteiger partial charge in [-0.05, 0) is 55.7 Å². The molecular formula is C20H22N2O3S. The lowest BCUT2D eigenvalue weighted by Crippen LogP contribution is -2.27. The Morgan fingerprint density at radius 2 is 1.62 bits per heavy atom. The maximum atomic E-state index is 12.5. The molecule has 0 aliphatic carbocycles. The van der Waals surface area contributed by atoms with Crippen molar-refractivity contribution in [2.45, 2.75) is 24.7 Å². The molecule has 6 heteroatoms. The van der Waals surface area contributed by atoms with Crippen molar-refractivity contribution >= 4 is 27.7 Å². The smallest absolute Gasteiger partial charge is 0.251 e. The predicted molar refractivity (Wildman–Crippen MR) is 103 cm³/mol. The summed E-state index contributed by atoms with van der Waals surface area (Å²) in [5.74, 6) is -0.219. The summed E-state index contributed by atoms with van der Waals surface area (Å²) in [4.78, 5) is 12.6. The molecule has 1 aliphatic rings. The Balaban J connectivity index is 1.69. The van der Waals surface area contributed by atoms with Gasteiger partial charge in [-0.15, -0.1) is 0 Å². The van der Waals surface area contributed by atoms with Crippen LogP contribution in [0.2, 0.25) is 0 Å². The Kier molecular flexibility index (Phi) is 5.54. The van der Waals surface area contributed by atoms with E-state index in [0.29, 0.717) is 24.4 Å². The van der Waals surface area contributed by atoms with Gasteiger partial charge < -0.3 is 5.32 Å². The standard InChI is InChI=1S/C20H22N2O3S/c1-16(15-17-7-3-2-4-8-17)20(23)21-18-9-11-19(12-10-18)26(24,25)22-13-5-6-14-22/h2-4,7-12,15H,5-6,13-14H2,1H3,(H,21,23)/b16-15+. The molecule has 0 radical (unpaired) electrons. The zero-order valence-corrected chi connectivity index (χ0v) is 15.5. The average molecular weight is 370 g/mol. The van der Waals surface area contributed by atoms with E-state index in [1.807, 2.05) is 36.4 Å². The molecular weight excluding hydrogens is 348 g/mol. The molecule has 0 bridgehead atoms. The fourth-order valence-electron chi connectivity index (χ4n) is 2.88. The number of carbonyl (C=O) groups is 1. The highest BCUT2D eigenvalue weighted by Crippen LogP contribution is 2.22. The van der Waals surface area contributed by atoms with Crippen LogP contribution in [0.1, 0.15) is 25.3 Å². The van der Waals surface area contributed by atoms with E-state index in [0.717, 1.165) is 18.4 Å².